The number of benzene rings is 2. The number of methoxy groups -OCH3 is 1. The number of fused-ring (bicyclic) bond motifs is 2. The van der Waals surface area contributed by atoms with Crippen molar-refractivity contribution < 1.29 is 38.6 Å². The van der Waals surface area contributed by atoms with Crippen LogP contribution in [0.15, 0.2) is 36.4 Å². The summed E-state index contributed by atoms with van der Waals surface area (Å²) in [7, 11) is 5.32. The summed E-state index contributed by atoms with van der Waals surface area (Å²) in [6.07, 6.45) is 0.994. The number of hydrogen-bond donors (Lipinski definition) is 3. The van der Waals surface area contributed by atoms with Gasteiger partial charge in [0.2, 0.25) is 11.8 Å². The number of hydrogen-bond acceptors (Lipinski definition) is 10. The average Bonchev–Trinajstić information content (AvgIpc) is 3.49. The second-order valence-corrected chi connectivity index (χ2v) is 17.9. The molecule has 2 aromatic carbocycles. The standard InChI is InChI=1S/C44H64N4O8/c1-24(2)15-37(50)46-42(52)30-17-29(18-32(19-30)47(9)10)33-14-12-13-28(41(33)54-11)22-48-40(39(36(23-49)56-48)27(6)55-38(51)16-25(3)4)43(53)45-35-21-31-20-34(26(35)5)44(31,7)8/h12-14,17-19,24-27,31,34-36,39-40,49H,15-16,20-23H2,1-11H3,(H,45,53)(H,46,50,52)/t26-,27-,31+,34-,35-,36-,39+,40-/m0/s1. The number of amides is 3. The third-order valence-electron chi connectivity index (χ3n) is 12.4. The van der Waals surface area contributed by atoms with Gasteiger partial charge in [0.25, 0.3) is 5.91 Å². The molecule has 2 bridgehead atoms. The highest BCUT2D eigenvalue weighted by Gasteiger charge is 2.57. The van der Waals surface area contributed by atoms with Gasteiger partial charge in [-0.15, -0.1) is 0 Å². The zero-order chi connectivity index (χ0) is 41.2. The van der Waals surface area contributed by atoms with Crippen LogP contribution in [0, 0.1) is 40.9 Å². The number of carbonyl (C=O) groups excluding carboxylic acids is 4. The fourth-order valence-electron chi connectivity index (χ4n) is 9.26. The Morgan fingerprint density at radius 1 is 1.02 bits per heavy atom. The predicted molar refractivity (Wildman–Crippen MR) is 216 cm³/mol. The fourth-order valence-corrected chi connectivity index (χ4v) is 9.26. The lowest BCUT2D eigenvalue weighted by molar-refractivity contribution is -0.183. The molecule has 1 saturated heterocycles. The number of para-hydroxylation sites is 1. The van der Waals surface area contributed by atoms with E-state index in [1.807, 2.05) is 71.0 Å². The maximum atomic E-state index is 14.6. The molecule has 0 aromatic heterocycles. The summed E-state index contributed by atoms with van der Waals surface area (Å²) in [5.41, 5.74) is 3.41. The lowest BCUT2D eigenvalue weighted by Gasteiger charge is -2.62. The molecule has 8 atom stereocenters. The summed E-state index contributed by atoms with van der Waals surface area (Å²) < 4.78 is 12.0. The molecule has 6 rings (SSSR count). The van der Waals surface area contributed by atoms with E-state index in [1.165, 1.54) is 6.42 Å². The van der Waals surface area contributed by atoms with E-state index < -0.39 is 30.1 Å². The summed E-state index contributed by atoms with van der Waals surface area (Å²) in [6.45, 7) is 16.1. The Bertz CT molecular complexity index is 1760. The maximum Gasteiger partial charge on any atom is 0.306 e. The Labute approximate surface area is 333 Å². The molecule has 0 unspecified atom stereocenters. The van der Waals surface area contributed by atoms with E-state index in [-0.39, 0.29) is 73.0 Å². The molecule has 4 fully saturated rings. The molecular weight excluding hydrogens is 713 g/mol. The van der Waals surface area contributed by atoms with Gasteiger partial charge in [-0.05, 0) is 78.5 Å². The zero-order valence-corrected chi connectivity index (χ0v) is 35.2. The van der Waals surface area contributed by atoms with Gasteiger partial charge in [0, 0.05) is 55.4 Å². The molecule has 0 radical (unpaired) electrons. The van der Waals surface area contributed by atoms with Gasteiger partial charge in [-0.2, -0.15) is 5.06 Å². The first-order valence-electron chi connectivity index (χ1n) is 20.2. The number of aliphatic hydroxyl groups excluding tert-OH is 1. The van der Waals surface area contributed by atoms with Crippen LogP contribution < -0.4 is 20.3 Å². The van der Waals surface area contributed by atoms with Gasteiger partial charge in [-0.1, -0.05) is 66.7 Å². The van der Waals surface area contributed by atoms with Crippen LogP contribution in [-0.2, 0) is 30.5 Å². The number of nitrogens with zero attached hydrogens (tertiary/aromatic N) is 2. The first-order valence-corrected chi connectivity index (χ1v) is 20.2. The number of carbonyl (C=O) groups is 4. The number of anilines is 1. The van der Waals surface area contributed by atoms with Gasteiger partial charge in [-0.3, -0.25) is 29.3 Å². The Morgan fingerprint density at radius 2 is 1.71 bits per heavy atom. The number of ether oxygens (including phenoxy) is 2. The fraction of sp³-hybridized carbons (Fsp3) is 0.636. The summed E-state index contributed by atoms with van der Waals surface area (Å²) in [5, 5.41) is 18.1. The van der Waals surface area contributed by atoms with Crippen molar-refractivity contribution in [2.45, 2.75) is 112 Å². The van der Waals surface area contributed by atoms with Crippen LogP contribution >= 0.6 is 0 Å². The lowest BCUT2D eigenvalue weighted by Crippen LogP contribution is -2.62. The van der Waals surface area contributed by atoms with Crippen molar-refractivity contribution in [2.24, 2.45) is 40.9 Å². The van der Waals surface area contributed by atoms with Crippen LogP contribution in [0.1, 0.15) is 97.0 Å². The third-order valence-corrected chi connectivity index (χ3v) is 12.4. The number of hydroxylamine groups is 2. The molecule has 12 heteroatoms. The topological polar surface area (TPSA) is 147 Å². The van der Waals surface area contributed by atoms with E-state index in [4.69, 9.17) is 14.3 Å². The Balaban J connectivity index is 1.49. The molecule has 3 aliphatic carbocycles. The van der Waals surface area contributed by atoms with E-state index in [1.54, 1.807) is 31.2 Å². The van der Waals surface area contributed by atoms with Crippen molar-refractivity contribution in [3.05, 3.63) is 47.5 Å². The highest BCUT2D eigenvalue weighted by atomic mass is 16.7. The number of aliphatic hydroxyl groups is 1. The second-order valence-electron chi connectivity index (χ2n) is 17.9. The van der Waals surface area contributed by atoms with Gasteiger partial charge in [0.15, 0.2) is 0 Å². The van der Waals surface area contributed by atoms with Crippen molar-refractivity contribution in [3.63, 3.8) is 0 Å². The second kappa shape index (κ2) is 17.6. The quantitative estimate of drug-likeness (QED) is 0.185. The van der Waals surface area contributed by atoms with Crippen LogP contribution in [0.5, 0.6) is 5.75 Å². The molecule has 4 aliphatic rings. The van der Waals surface area contributed by atoms with Crippen molar-refractivity contribution in [3.8, 4) is 16.9 Å². The molecule has 1 aliphatic heterocycles. The van der Waals surface area contributed by atoms with Gasteiger partial charge in [0.05, 0.1) is 26.2 Å². The molecule has 56 heavy (non-hydrogen) atoms. The minimum atomic E-state index is -0.892. The van der Waals surface area contributed by atoms with Gasteiger partial charge < -0.3 is 24.8 Å². The van der Waals surface area contributed by atoms with Crippen LogP contribution in [0.25, 0.3) is 11.1 Å². The van der Waals surface area contributed by atoms with Crippen LogP contribution in [0.2, 0.25) is 0 Å². The van der Waals surface area contributed by atoms with Crippen LogP contribution in [0.3, 0.4) is 0 Å². The molecule has 12 nitrogen and oxygen atoms in total. The predicted octanol–water partition coefficient (Wildman–Crippen LogP) is 5.99. The first-order chi connectivity index (χ1) is 26.4. The monoisotopic (exact) mass is 776 g/mol. The third kappa shape index (κ3) is 9.24. The summed E-state index contributed by atoms with van der Waals surface area (Å²) in [6, 6.07) is 10.2. The number of imide groups is 1. The molecule has 2 aromatic rings. The molecule has 3 amide bonds. The SMILES string of the molecule is COc1c(CN2O[C@@H](CO)[C@@H]([C@H](C)OC(=O)CC(C)C)[C@H]2C(=O)N[C@H]2C[C@H]3C[C@@H]([C@@H]2C)C3(C)C)cccc1-c1cc(C(=O)NC(=O)CC(C)C)cc(N(C)C)c1. The van der Waals surface area contributed by atoms with E-state index in [0.717, 1.165) is 12.1 Å². The zero-order valence-electron chi connectivity index (χ0n) is 35.2. The molecule has 3 saturated carbocycles. The van der Waals surface area contributed by atoms with E-state index >= 15 is 0 Å². The van der Waals surface area contributed by atoms with E-state index in [9.17, 15) is 24.3 Å². The minimum Gasteiger partial charge on any atom is -0.496 e. The minimum absolute atomic E-state index is 0.0114. The van der Waals surface area contributed by atoms with Gasteiger partial charge >= 0.3 is 5.97 Å². The first kappa shape index (κ1) is 43.1. The average molecular weight is 777 g/mol. The maximum absolute atomic E-state index is 14.6. The lowest BCUT2D eigenvalue weighted by atomic mass is 9.45. The molecule has 0 spiro atoms. The highest BCUT2D eigenvalue weighted by molar-refractivity contribution is 6.06. The number of esters is 1. The molecule has 1 heterocycles. The Morgan fingerprint density at radius 3 is 2.30 bits per heavy atom. The summed E-state index contributed by atoms with van der Waals surface area (Å²) in [5.74, 6) is -0.0400. The van der Waals surface area contributed by atoms with Gasteiger partial charge in [0.1, 0.15) is 24.0 Å². The number of nitrogens with one attached hydrogen (secondary N) is 2. The largest absolute Gasteiger partial charge is 0.496 e. The van der Waals surface area contributed by atoms with E-state index in [2.05, 4.69) is 31.4 Å². The van der Waals surface area contributed by atoms with Crippen LogP contribution in [0.4, 0.5) is 5.69 Å². The van der Waals surface area contributed by atoms with Crippen molar-refractivity contribution >= 4 is 29.4 Å². The molecule has 3 N–H and O–H groups in total. The molecular formula is C44H64N4O8. The number of rotatable bonds is 15. The van der Waals surface area contributed by atoms with Crippen LogP contribution in [-0.4, -0.2) is 86.0 Å². The van der Waals surface area contributed by atoms with Crippen molar-refractivity contribution in [2.75, 3.05) is 32.7 Å². The summed E-state index contributed by atoms with van der Waals surface area (Å²) >= 11 is 0. The Kier molecular flexibility index (Phi) is 13.6. The van der Waals surface area contributed by atoms with Crippen molar-refractivity contribution in [1.29, 1.82) is 0 Å². The van der Waals surface area contributed by atoms with Crippen molar-refractivity contribution in [1.82, 2.24) is 15.7 Å². The highest BCUT2D eigenvalue weighted by Crippen LogP contribution is 2.61. The summed E-state index contributed by atoms with van der Waals surface area (Å²) in [4.78, 5) is 61.7. The Hall–Kier alpha value is -4.00. The van der Waals surface area contributed by atoms with E-state index in [0.29, 0.717) is 39.8 Å². The molecule has 308 valence electrons. The normalized spacial score (nSPS) is 26.0. The van der Waals surface area contributed by atoms with Gasteiger partial charge in [-0.25, -0.2) is 0 Å². The smallest absolute Gasteiger partial charge is 0.306 e.